The summed E-state index contributed by atoms with van der Waals surface area (Å²) in [7, 11) is -8.03. The van der Waals surface area contributed by atoms with Crippen LogP contribution in [-0.2, 0) is 24.8 Å². The van der Waals surface area contributed by atoms with Gasteiger partial charge in [-0.3, -0.25) is 9.52 Å². The third-order valence-corrected chi connectivity index (χ3v) is 8.63. The van der Waals surface area contributed by atoms with Crippen LogP contribution in [-0.4, -0.2) is 48.2 Å². The Morgan fingerprint density at radius 1 is 1.09 bits per heavy atom. The number of nitrogens with one attached hydrogen (secondary N) is 1. The fourth-order valence-electron chi connectivity index (χ4n) is 3.73. The van der Waals surface area contributed by atoms with Crippen LogP contribution >= 0.6 is 0 Å². The summed E-state index contributed by atoms with van der Waals surface area (Å²) in [6, 6.07) is 10.9. The number of hydrogen-bond donors (Lipinski definition) is 1. The number of nitrogens with zero attached hydrogens (tertiary/aromatic N) is 2. The molecule has 9 nitrogen and oxygen atoms in total. The van der Waals surface area contributed by atoms with Crippen LogP contribution in [0.3, 0.4) is 0 Å². The van der Waals surface area contributed by atoms with Gasteiger partial charge in [-0.25, -0.2) is 21.1 Å². The Morgan fingerprint density at radius 2 is 1.73 bits per heavy atom. The molecule has 1 aliphatic heterocycles. The molecule has 2 aromatic carbocycles. The van der Waals surface area contributed by atoms with E-state index in [4.69, 9.17) is 4.74 Å². The number of anilines is 3. The fraction of sp³-hybridized carbons (Fsp3) is 0.409. The summed E-state index contributed by atoms with van der Waals surface area (Å²) in [6.45, 7) is 9.16. The van der Waals surface area contributed by atoms with Crippen LogP contribution in [0.2, 0.25) is 0 Å². The number of carbonyl (C=O) groups is 1. The summed E-state index contributed by atoms with van der Waals surface area (Å²) in [6.07, 6.45) is 0. The standard InChI is InChI=1S/C22H29N3O6S2/c1-5-24(6-2)18-10-8-17(9-11-18)23-33(29,30)21-14-19(12-13-20(21)31-7-3)25-22(26)16(4)15-32(25,27)28/h8-14,16,23H,5-7,15H2,1-4H3. The first-order valence-corrected chi connectivity index (χ1v) is 13.8. The Hall–Kier alpha value is -2.79. The molecule has 1 atom stereocenters. The zero-order valence-electron chi connectivity index (χ0n) is 19.1. The number of ether oxygens (including phenoxy) is 1. The summed E-state index contributed by atoms with van der Waals surface area (Å²) in [5.74, 6) is -1.56. The Balaban J connectivity index is 1.99. The van der Waals surface area contributed by atoms with E-state index in [0.29, 0.717) is 9.99 Å². The third kappa shape index (κ3) is 5.09. The van der Waals surface area contributed by atoms with Gasteiger partial charge < -0.3 is 9.64 Å². The van der Waals surface area contributed by atoms with Gasteiger partial charge in [-0.1, -0.05) is 6.92 Å². The molecule has 11 heteroatoms. The van der Waals surface area contributed by atoms with E-state index in [0.717, 1.165) is 24.8 Å². The quantitative estimate of drug-likeness (QED) is 0.569. The van der Waals surface area contributed by atoms with Gasteiger partial charge in [-0.15, -0.1) is 0 Å². The lowest BCUT2D eigenvalue weighted by Crippen LogP contribution is -2.30. The van der Waals surface area contributed by atoms with Crippen molar-refractivity contribution in [3.05, 3.63) is 42.5 Å². The minimum Gasteiger partial charge on any atom is -0.492 e. The highest BCUT2D eigenvalue weighted by atomic mass is 32.2. The molecule has 1 saturated heterocycles. The second kappa shape index (κ2) is 9.60. The maximum atomic E-state index is 13.2. The number of benzene rings is 2. The Morgan fingerprint density at radius 3 is 2.24 bits per heavy atom. The zero-order chi connectivity index (χ0) is 24.4. The van der Waals surface area contributed by atoms with E-state index in [9.17, 15) is 21.6 Å². The molecule has 0 bridgehead atoms. The molecular weight excluding hydrogens is 466 g/mol. The molecule has 1 unspecified atom stereocenters. The van der Waals surface area contributed by atoms with Crippen molar-refractivity contribution < 1.29 is 26.4 Å². The minimum absolute atomic E-state index is 0.0370. The molecule has 1 aliphatic rings. The van der Waals surface area contributed by atoms with Crippen molar-refractivity contribution in [3.8, 4) is 5.75 Å². The molecular formula is C22H29N3O6S2. The Kier molecular flexibility index (Phi) is 7.23. The molecule has 0 saturated carbocycles. The van der Waals surface area contributed by atoms with E-state index in [1.54, 1.807) is 19.1 Å². The maximum Gasteiger partial charge on any atom is 0.265 e. The van der Waals surface area contributed by atoms with Crippen LogP contribution in [0, 0.1) is 5.92 Å². The highest BCUT2D eigenvalue weighted by Crippen LogP contribution is 2.35. The molecule has 0 aliphatic carbocycles. The van der Waals surface area contributed by atoms with Crippen LogP contribution in [0.15, 0.2) is 47.4 Å². The average Bonchev–Trinajstić information content (AvgIpc) is 2.97. The van der Waals surface area contributed by atoms with Crippen LogP contribution in [0.5, 0.6) is 5.75 Å². The molecule has 3 rings (SSSR count). The smallest absolute Gasteiger partial charge is 0.265 e. The number of carbonyl (C=O) groups excluding carboxylic acids is 1. The van der Waals surface area contributed by atoms with E-state index in [2.05, 4.69) is 9.62 Å². The summed E-state index contributed by atoms with van der Waals surface area (Å²) in [5.41, 5.74) is 1.27. The monoisotopic (exact) mass is 495 g/mol. The molecule has 1 amide bonds. The van der Waals surface area contributed by atoms with Gasteiger partial charge in [0.2, 0.25) is 15.9 Å². The van der Waals surface area contributed by atoms with Crippen molar-refractivity contribution in [2.45, 2.75) is 32.6 Å². The maximum absolute atomic E-state index is 13.2. The number of hydrogen-bond acceptors (Lipinski definition) is 7. The molecule has 0 aromatic heterocycles. The second-order valence-electron chi connectivity index (χ2n) is 7.67. The Bertz CT molecular complexity index is 1220. The van der Waals surface area contributed by atoms with Gasteiger partial charge in [0, 0.05) is 24.5 Å². The van der Waals surface area contributed by atoms with Gasteiger partial charge in [0.15, 0.2) is 0 Å². The molecule has 33 heavy (non-hydrogen) atoms. The van der Waals surface area contributed by atoms with Gasteiger partial charge >= 0.3 is 0 Å². The van der Waals surface area contributed by atoms with Crippen LogP contribution in [0.1, 0.15) is 27.7 Å². The van der Waals surface area contributed by atoms with Gasteiger partial charge in [0.05, 0.1) is 24.0 Å². The summed E-state index contributed by atoms with van der Waals surface area (Å²) >= 11 is 0. The lowest BCUT2D eigenvalue weighted by molar-refractivity contribution is -0.119. The van der Waals surface area contributed by atoms with E-state index in [1.807, 2.05) is 26.0 Å². The predicted molar refractivity (Wildman–Crippen MR) is 129 cm³/mol. The number of rotatable bonds is 9. The van der Waals surface area contributed by atoms with Gasteiger partial charge in [-0.05, 0) is 63.2 Å². The first-order valence-electron chi connectivity index (χ1n) is 10.8. The van der Waals surface area contributed by atoms with E-state index in [1.165, 1.54) is 19.1 Å². The van der Waals surface area contributed by atoms with Crippen molar-refractivity contribution in [1.29, 1.82) is 0 Å². The first kappa shape index (κ1) is 24.8. The van der Waals surface area contributed by atoms with Crippen molar-refractivity contribution in [1.82, 2.24) is 0 Å². The van der Waals surface area contributed by atoms with Gasteiger partial charge in [-0.2, -0.15) is 0 Å². The van der Waals surface area contributed by atoms with Crippen molar-refractivity contribution in [3.63, 3.8) is 0 Å². The highest BCUT2D eigenvalue weighted by molar-refractivity contribution is 7.94. The normalized spacial score (nSPS) is 17.8. The minimum atomic E-state index is -4.15. The van der Waals surface area contributed by atoms with Crippen molar-refractivity contribution in [2.75, 3.05) is 39.4 Å². The molecule has 0 radical (unpaired) electrons. The fourth-order valence-corrected chi connectivity index (χ4v) is 6.77. The first-order chi connectivity index (χ1) is 15.5. The van der Waals surface area contributed by atoms with Crippen molar-refractivity contribution in [2.24, 2.45) is 5.92 Å². The number of sulfonamides is 2. The number of amides is 1. The summed E-state index contributed by atoms with van der Waals surface area (Å²) < 4.78 is 60.1. The molecule has 2 aromatic rings. The van der Waals surface area contributed by atoms with Crippen molar-refractivity contribution >= 4 is 43.0 Å². The zero-order valence-corrected chi connectivity index (χ0v) is 20.7. The van der Waals surface area contributed by atoms with E-state index < -0.39 is 31.9 Å². The van der Waals surface area contributed by atoms with Gasteiger partial charge in [0.25, 0.3) is 10.0 Å². The average molecular weight is 496 g/mol. The summed E-state index contributed by atoms with van der Waals surface area (Å²) in [5, 5.41) is 0. The van der Waals surface area contributed by atoms with Crippen LogP contribution in [0.25, 0.3) is 0 Å². The van der Waals surface area contributed by atoms with E-state index in [-0.39, 0.29) is 28.7 Å². The topological polar surface area (TPSA) is 113 Å². The SMILES string of the molecule is CCOc1ccc(N2C(=O)C(C)CS2(=O)=O)cc1S(=O)(=O)Nc1ccc(N(CC)CC)cc1. The summed E-state index contributed by atoms with van der Waals surface area (Å²) in [4.78, 5) is 14.3. The van der Waals surface area contributed by atoms with Crippen LogP contribution < -0.4 is 18.7 Å². The lowest BCUT2D eigenvalue weighted by Gasteiger charge is -2.21. The lowest BCUT2D eigenvalue weighted by atomic mass is 10.2. The highest BCUT2D eigenvalue weighted by Gasteiger charge is 2.42. The molecule has 180 valence electrons. The molecule has 0 spiro atoms. The van der Waals surface area contributed by atoms with E-state index >= 15 is 0 Å². The second-order valence-corrected chi connectivity index (χ2v) is 11.2. The molecule has 1 N–H and O–H groups in total. The van der Waals surface area contributed by atoms with Gasteiger partial charge in [0.1, 0.15) is 10.6 Å². The predicted octanol–water partition coefficient (Wildman–Crippen LogP) is 3.04. The molecule has 1 heterocycles. The van der Waals surface area contributed by atoms with Crippen LogP contribution in [0.4, 0.5) is 17.1 Å². The molecule has 1 fully saturated rings. The Labute approximate surface area is 195 Å². The third-order valence-electron chi connectivity index (χ3n) is 5.36. The largest absolute Gasteiger partial charge is 0.492 e.